The number of aliphatic hydroxyl groups excluding tert-OH is 1. The minimum absolute atomic E-state index is 0.0850. The van der Waals surface area contributed by atoms with Crippen molar-refractivity contribution in [1.29, 1.82) is 0 Å². The van der Waals surface area contributed by atoms with Crippen molar-refractivity contribution in [2.45, 2.75) is 426 Å². The third kappa shape index (κ3) is 74.2. The van der Waals surface area contributed by atoms with Crippen molar-refractivity contribution in [1.82, 2.24) is 0 Å². The largest absolute Gasteiger partial charge is 0.472 e. The second-order valence-corrected chi connectivity index (χ2v) is 32.5. The van der Waals surface area contributed by atoms with Gasteiger partial charge in [-0.05, 0) is 63.2 Å². The van der Waals surface area contributed by atoms with Gasteiger partial charge < -0.3 is 33.8 Å². The first-order chi connectivity index (χ1) is 48.9. The summed E-state index contributed by atoms with van der Waals surface area (Å²) in [5, 5.41) is 10.6. The Morgan fingerprint density at radius 1 is 0.327 bits per heavy atom. The smallest absolute Gasteiger partial charge is 0.462 e. The lowest BCUT2D eigenvalue weighted by molar-refractivity contribution is -0.161. The van der Waals surface area contributed by atoms with Crippen molar-refractivity contribution >= 4 is 39.5 Å². The first kappa shape index (κ1) is 98.5. The molecule has 0 amide bonds. The molecule has 17 nitrogen and oxygen atoms in total. The Morgan fingerprint density at radius 3 is 0.891 bits per heavy atom. The number of phosphoric ester groups is 2. The zero-order valence-electron chi connectivity index (χ0n) is 65.7. The van der Waals surface area contributed by atoms with Crippen LogP contribution in [0, 0.1) is 11.8 Å². The first-order valence-electron chi connectivity index (χ1n) is 41.8. The number of esters is 4. The molecule has 0 spiro atoms. The molecule has 0 saturated heterocycles. The highest BCUT2D eigenvalue weighted by molar-refractivity contribution is 7.47. The molecule has 0 aliphatic heterocycles. The number of ether oxygens (including phenoxy) is 4. The van der Waals surface area contributed by atoms with Crippen LogP contribution in [0.4, 0.5) is 0 Å². The maximum Gasteiger partial charge on any atom is 0.472 e. The number of hydrogen-bond acceptors (Lipinski definition) is 15. The van der Waals surface area contributed by atoms with Crippen molar-refractivity contribution in [3.8, 4) is 0 Å². The Bertz CT molecular complexity index is 2040. The van der Waals surface area contributed by atoms with E-state index in [2.05, 4.69) is 65.8 Å². The fourth-order valence-electron chi connectivity index (χ4n) is 12.1. The molecule has 0 bridgehead atoms. The Hall–Kier alpha value is -2.46. The molecule has 0 fully saturated rings. The van der Waals surface area contributed by atoms with Crippen molar-refractivity contribution in [3.63, 3.8) is 0 Å². The van der Waals surface area contributed by atoms with E-state index in [9.17, 15) is 43.2 Å². The summed E-state index contributed by atoms with van der Waals surface area (Å²) in [4.78, 5) is 72.9. The van der Waals surface area contributed by atoms with Crippen molar-refractivity contribution in [2.75, 3.05) is 39.6 Å². The number of allylic oxidation sites excluding steroid dienone is 4. The van der Waals surface area contributed by atoms with Gasteiger partial charge in [-0.2, -0.15) is 0 Å². The lowest BCUT2D eigenvalue weighted by Gasteiger charge is -2.21. The lowest BCUT2D eigenvalue weighted by atomic mass is 9.99. The molecule has 0 saturated carbocycles. The van der Waals surface area contributed by atoms with Gasteiger partial charge in [-0.25, -0.2) is 9.13 Å². The average Bonchev–Trinajstić information content (AvgIpc) is 0.934. The van der Waals surface area contributed by atoms with Gasteiger partial charge in [0.25, 0.3) is 0 Å². The summed E-state index contributed by atoms with van der Waals surface area (Å²) in [5.74, 6) is -0.482. The van der Waals surface area contributed by atoms with Crippen LogP contribution in [0.1, 0.15) is 408 Å². The lowest BCUT2D eigenvalue weighted by Crippen LogP contribution is -2.30. The molecule has 0 aliphatic carbocycles. The van der Waals surface area contributed by atoms with Gasteiger partial charge in [-0.3, -0.25) is 37.3 Å². The number of hydrogen-bond donors (Lipinski definition) is 3. The number of phosphoric acid groups is 2. The second-order valence-electron chi connectivity index (χ2n) is 29.5. The monoisotopic (exact) mass is 1480 g/mol. The van der Waals surface area contributed by atoms with Crippen LogP contribution in [0.5, 0.6) is 0 Å². The summed E-state index contributed by atoms with van der Waals surface area (Å²) in [6.45, 7) is 9.63. The molecular weight excluding hydrogens is 1320 g/mol. The van der Waals surface area contributed by atoms with Gasteiger partial charge in [0.15, 0.2) is 12.2 Å². The van der Waals surface area contributed by atoms with Crippen LogP contribution in [0.3, 0.4) is 0 Å². The van der Waals surface area contributed by atoms with Gasteiger partial charge in [0.1, 0.15) is 19.3 Å². The molecule has 0 aliphatic rings. The molecule has 19 heteroatoms. The minimum Gasteiger partial charge on any atom is -0.462 e. The Labute approximate surface area is 618 Å². The summed E-state index contributed by atoms with van der Waals surface area (Å²) >= 11 is 0. The SMILES string of the molecule is CCCCCC/C=C\C=C/CCCCCCCC(=O)O[C@H](COC(=O)CCCCCCCCCC)COP(=O)(O)OC[C@H](O)COP(=O)(O)OC[C@@H](COC(=O)CCCCCCCCCCCCCCCC(C)C)OC(=O)CCCCCCCCCCCCCCCCCCCCC(C)CC. The van der Waals surface area contributed by atoms with Crippen LogP contribution in [-0.4, -0.2) is 96.7 Å². The number of unbranched alkanes of at least 4 members (excludes halogenated alkanes) is 45. The van der Waals surface area contributed by atoms with Crippen LogP contribution in [0.25, 0.3) is 0 Å². The van der Waals surface area contributed by atoms with E-state index in [1.807, 2.05) is 0 Å². The highest BCUT2D eigenvalue weighted by Crippen LogP contribution is 2.45. The molecular formula is C82H156O17P2. The Kier molecular flexibility index (Phi) is 71.3. The number of carbonyl (C=O) groups is 4. The Balaban J connectivity index is 5.22. The second kappa shape index (κ2) is 73.1. The molecule has 596 valence electrons. The normalized spacial score (nSPS) is 14.3. The predicted octanol–water partition coefficient (Wildman–Crippen LogP) is 24.2. The average molecular weight is 1480 g/mol. The van der Waals surface area contributed by atoms with Crippen LogP contribution in [0.2, 0.25) is 0 Å². The molecule has 0 aromatic carbocycles. The summed E-state index contributed by atoms with van der Waals surface area (Å²) in [6, 6.07) is 0. The van der Waals surface area contributed by atoms with Gasteiger partial charge in [-0.1, -0.05) is 355 Å². The van der Waals surface area contributed by atoms with E-state index in [4.69, 9.17) is 37.0 Å². The highest BCUT2D eigenvalue weighted by Gasteiger charge is 2.30. The molecule has 101 heavy (non-hydrogen) atoms. The van der Waals surface area contributed by atoms with Crippen molar-refractivity contribution < 1.29 is 80.2 Å². The zero-order chi connectivity index (χ0) is 74.2. The van der Waals surface area contributed by atoms with Gasteiger partial charge >= 0.3 is 39.5 Å². The van der Waals surface area contributed by atoms with Gasteiger partial charge in [-0.15, -0.1) is 0 Å². The quantitative estimate of drug-likeness (QED) is 0.0169. The zero-order valence-corrected chi connectivity index (χ0v) is 67.5. The molecule has 0 aromatic heterocycles. The summed E-state index contributed by atoms with van der Waals surface area (Å²) in [6.07, 6.45) is 66.1. The Morgan fingerprint density at radius 2 is 0.584 bits per heavy atom. The highest BCUT2D eigenvalue weighted by atomic mass is 31.2. The molecule has 3 N–H and O–H groups in total. The van der Waals surface area contributed by atoms with Gasteiger partial charge in [0, 0.05) is 25.7 Å². The van der Waals surface area contributed by atoms with E-state index in [0.29, 0.717) is 25.7 Å². The van der Waals surface area contributed by atoms with E-state index in [1.54, 1.807) is 0 Å². The van der Waals surface area contributed by atoms with Gasteiger partial charge in [0.05, 0.1) is 26.4 Å². The van der Waals surface area contributed by atoms with E-state index in [0.717, 1.165) is 121 Å². The third-order valence-electron chi connectivity index (χ3n) is 18.9. The van der Waals surface area contributed by atoms with E-state index in [-0.39, 0.29) is 25.7 Å². The molecule has 0 radical (unpaired) electrons. The van der Waals surface area contributed by atoms with Crippen molar-refractivity contribution in [3.05, 3.63) is 24.3 Å². The molecule has 0 aromatic rings. The number of rotatable bonds is 79. The van der Waals surface area contributed by atoms with E-state index < -0.39 is 97.5 Å². The van der Waals surface area contributed by atoms with E-state index >= 15 is 0 Å². The number of aliphatic hydroxyl groups is 1. The maximum absolute atomic E-state index is 13.1. The summed E-state index contributed by atoms with van der Waals surface area (Å²) in [5.41, 5.74) is 0. The molecule has 0 rings (SSSR count). The third-order valence-corrected chi connectivity index (χ3v) is 20.8. The predicted molar refractivity (Wildman–Crippen MR) is 414 cm³/mol. The van der Waals surface area contributed by atoms with Crippen LogP contribution >= 0.6 is 15.6 Å². The van der Waals surface area contributed by atoms with Crippen LogP contribution in [0.15, 0.2) is 24.3 Å². The molecule has 0 heterocycles. The van der Waals surface area contributed by atoms with Crippen LogP contribution < -0.4 is 0 Å². The topological polar surface area (TPSA) is 237 Å². The van der Waals surface area contributed by atoms with Gasteiger partial charge in [0.2, 0.25) is 0 Å². The standard InChI is InChI=1S/C82H156O17P2/c1-7-10-12-14-16-18-19-20-25-31-37-42-48-54-60-66-81(86)98-77(70-92-79(84)64-58-52-46-17-15-13-11-8-2)72-96-100(88,89)94-68-76(83)69-95-101(90,91)97-73-78(71-93-80(85)65-59-53-47-41-36-33-28-29-34-39-44-50-56-62-74(4)5)99-82(87)67-61-55-49-43-38-32-27-24-22-21-23-26-30-35-40-45-51-57-63-75(6)9-3/h18-20,25,74-78,83H,7-17,21-24,26-73H2,1-6H3,(H,88,89)(H,90,91)/b19-18-,25-20-/t75?,76-,77+,78+/m0/s1. The summed E-state index contributed by atoms with van der Waals surface area (Å²) < 4.78 is 68.6. The first-order valence-corrected chi connectivity index (χ1v) is 44.8. The van der Waals surface area contributed by atoms with E-state index in [1.165, 1.54) is 205 Å². The molecule has 3 unspecified atom stereocenters. The van der Waals surface area contributed by atoms with Crippen LogP contribution in [-0.2, 0) is 65.4 Å². The number of carbonyl (C=O) groups excluding carboxylic acids is 4. The maximum atomic E-state index is 13.1. The fraction of sp³-hybridized carbons (Fsp3) is 0.902. The summed E-state index contributed by atoms with van der Waals surface area (Å²) in [7, 11) is -9.93. The fourth-order valence-corrected chi connectivity index (χ4v) is 13.7. The molecule has 6 atom stereocenters. The van der Waals surface area contributed by atoms with Crippen molar-refractivity contribution in [2.24, 2.45) is 11.8 Å². The minimum atomic E-state index is -4.97.